The Balaban J connectivity index is 2.36. The van der Waals surface area contributed by atoms with Gasteiger partial charge >= 0.3 is 12.0 Å². The maximum absolute atomic E-state index is 11.5. The molecule has 1 rings (SSSR count). The SMILES string of the molecule is COc1ccc(NC(=O)NCC(C)CC(=O)O)cn1. The summed E-state index contributed by atoms with van der Waals surface area (Å²) in [6, 6.07) is 2.89. The Labute approximate surface area is 111 Å². The van der Waals surface area contributed by atoms with E-state index < -0.39 is 12.0 Å². The van der Waals surface area contributed by atoms with Gasteiger partial charge in [-0.2, -0.15) is 0 Å². The first-order valence-corrected chi connectivity index (χ1v) is 5.78. The van der Waals surface area contributed by atoms with Gasteiger partial charge in [-0.05, 0) is 12.0 Å². The molecule has 104 valence electrons. The first kappa shape index (κ1) is 14.7. The summed E-state index contributed by atoms with van der Waals surface area (Å²) in [5.74, 6) is -0.549. The average molecular weight is 267 g/mol. The number of rotatable bonds is 6. The predicted octanol–water partition coefficient (Wildman–Crippen LogP) is 1.32. The van der Waals surface area contributed by atoms with Crippen molar-refractivity contribution in [1.29, 1.82) is 0 Å². The number of methoxy groups -OCH3 is 1. The molecule has 2 amide bonds. The van der Waals surface area contributed by atoms with Gasteiger partial charge < -0.3 is 20.5 Å². The summed E-state index contributed by atoms with van der Waals surface area (Å²) >= 11 is 0. The second-order valence-corrected chi connectivity index (χ2v) is 4.13. The molecule has 0 fully saturated rings. The number of hydrogen-bond donors (Lipinski definition) is 3. The Kier molecular flexibility index (Phi) is 5.59. The largest absolute Gasteiger partial charge is 0.481 e. The molecule has 1 aromatic rings. The van der Waals surface area contributed by atoms with Crippen molar-refractivity contribution >= 4 is 17.7 Å². The second-order valence-electron chi connectivity index (χ2n) is 4.13. The second kappa shape index (κ2) is 7.20. The highest BCUT2D eigenvalue weighted by molar-refractivity contribution is 5.89. The third-order valence-electron chi connectivity index (χ3n) is 2.34. The van der Waals surface area contributed by atoms with Gasteiger partial charge in [0.2, 0.25) is 5.88 Å². The van der Waals surface area contributed by atoms with Crippen molar-refractivity contribution < 1.29 is 19.4 Å². The number of aromatic nitrogens is 1. The Morgan fingerprint density at radius 2 is 2.21 bits per heavy atom. The number of anilines is 1. The van der Waals surface area contributed by atoms with E-state index in [1.165, 1.54) is 13.3 Å². The molecule has 7 nitrogen and oxygen atoms in total. The predicted molar refractivity (Wildman–Crippen MR) is 69.2 cm³/mol. The van der Waals surface area contributed by atoms with E-state index in [4.69, 9.17) is 9.84 Å². The summed E-state index contributed by atoms with van der Waals surface area (Å²) < 4.78 is 4.90. The van der Waals surface area contributed by atoms with E-state index in [2.05, 4.69) is 15.6 Å². The number of nitrogens with one attached hydrogen (secondary N) is 2. The van der Waals surface area contributed by atoms with Gasteiger partial charge in [-0.15, -0.1) is 0 Å². The first-order chi connectivity index (χ1) is 9.01. The van der Waals surface area contributed by atoms with Gasteiger partial charge in [-0.25, -0.2) is 9.78 Å². The molecule has 0 bridgehead atoms. The smallest absolute Gasteiger partial charge is 0.319 e. The third-order valence-corrected chi connectivity index (χ3v) is 2.34. The molecule has 0 aromatic carbocycles. The Bertz CT molecular complexity index is 433. The molecule has 0 aliphatic carbocycles. The number of nitrogens with zero attached hydrogens (tertiary/aromatic N) is 1. The number of ether oxygens (including phenoxy) is 1. The van der Waals surface area contributed by atoms with Gasteiger partial charge in [0.25, 0.3) is 0 Å². The quantitative estimate of drug-likeness (QED) is 0.721. The van der Waals surface area contributed by atoms with E-state index >= 15 is 0 Å². The maximum atomic E-state index is 11.5. The van der Waals surface area contributed by atoms with Crippen LogP contribution in [0.15, 0.2) is 18.3 Å². The number of carbonyl (C=O) groups is 2. The molecule has 1 aromatic heterocycles. The average Bonchev–Trinajstić information content (AvgIpc) is 2.36. The van der Waals surface area contributed by atoms with Gasteiger partial charge in [0.15, 0.2) is 0 Å². The lowest BCUT2D eigenvalue weighted by atomic mass is 10.1. The zero-order chi connectivity index (χ0) is 14.3. The van der Waals surface area contributed by atoms with Crippen LogP contribution in [0.1, 0.15) is 13.3 Å². The molecule has 0 spiro atoms. The van der Waals surface area contributed by atoms with E-state index in [9.17, 15) is 9.59 Å². The summed E-state index contributed by atoms with van der Waals surface area (Å²) in [4.78, 5) is 25.9. The third kappa shape index (κ3) is 5.71. The maximum Gasteiger partial charge on any atom is 0.319 e. The number of aliphatic carboxylic acids is 1. The molecule has 3 N–H and O–H groups in total. The molecule has 0 saturated carbocycles. The minimum absolute atomic E-state index is 0.0182. The highest BCUT2D eigenvalue weighted by Crippen LogP contribution is 2.10. The molecule has 1 heterocycles. The van der Waals surface area contributed by atoms with E-state index in [0.717, 1.165) is 0 Å². The van der Waals surface area contributed by atoms with E-state index in [0.29, 0.717) is 18.1 Å². The van der Waals surface area contributed by atoms with Crippen LogP contribution in [0.4, 0.5) is 10.5 Å². The standard InChI is InChI=1S/C12H17N3O4/c1-8(5-11(16)17)6-14-12(18)15-9-3-4-10(19-2)13-7-9/h3-4,7-8H,5-6H2,1-2H3,(H,16,17)(H2,14,15,18). The fourth-order valence-corrected chi connectivity index (χ4v) is 1.39. The van der Waals surface area contributed by atoms with Crippen molar-refractivity contribution in [3.05, 3.63) is 18.3 Å². The van der Waals surface area contributed by atoms with Gasteiger partial charge in [0.05, 0.1) is 19.0 Å². The summed E-state index contributed by atoms with van der Waals surface area (Å²) in [6.07, 6.45) is 1.49. The van der Waals surface area contributed by atoms with Gasteiger partial charge in [0.1, 0.15) is 0 Å². The molecule has 0 aliphatic rings. The van der Waals surface area contributed by atoms with Crippen LogP contribution in [0, 0.1) is 5.92 Å². The Hall–Kier alpha value is -2.31. The van der Waals surface area contributed by atoms with Crippen molar-refractivity contribution in [1.82, 2.24) is 10.3 Å². The molecular weight excluding hydrogens is 250 g/mol. The summed E-state index contributed by atoms with van der Waals surface area (Å²) in [5.41, 5.74) is 0.532. The van der Waals surface area contributed by atoms with Crippen LogP contribution in [-0.4, -0.2) is 35.7 Å². The Morgan fingerprint density at radius 1 is 1.47 bits per heavy atom. The van der Waals surface area contributed by atoms with Crippen LogP contribution in [0.25, 0.3) is 0 Å². The van der Waals surface area contributed by atoms with Crippen molar-refractivity contribution in [2.45, 2.75) is 13.3 Å². The number of carboxylic acid groups (broad SMARTS) is 1. The molecule has 1 unspecified atom stereocenters. The fourth-order valence-electron chi connectivity index (χ4n) is 1.39. The van der Waals surface area contributed by atoms with E-state index in [1.807, 2.05) is 0 Å². The number of amides is 2. The summed E-state index contributed by atoms with van der Waals surface area (Å²) in [7, 11) is 1.51. The number of carboxylic acids is 1. The molecule has 0 radical (unpaired) electrons. The minimum Gasteiger partial charge on any atom is -0.481 e. The van der Waals surface area contributed by atoms with Crippen LogP contribution in [-0.2, 0) is 4.79 Å². The molecular formula is C12H17N3O4. The molecule has 1 atom stereocenters. The van der Waals surface area contributed by atoms with Gasteiger partial charge in [0, 0.05) is 19.0 Å². The van der Waals surface area contributed by atoms with Gasteiger partial charge in [-0.3, -0.25) is 4.79 Å². The number of carbonyl (C=O) groups excluding carboxylic acids is 1. The van der Waals surface area contributed by atoms with E-state index in [-0.39, 0.29) is 12.3 Å². The monoisotopic (exact) mass is 267 g/mol. The minimum atomic E-state index is -0.880. The molecule has 7 heteroatoms. The van der Waals surface area contributed by atoms with Crippen molar-refractivity contribution in [3.8, 4) is 5.88 Å². The van der Waals surface area contributed by atoms with Crippen LogP contribution in [0.5, 0.6) is 5.88 Å². The van der Waals surface area contributed by atoms with Crippen molar-refractivity contribution in [2.75, 3.05) is 19.0 Å². The van der Waals surface area contributed by atoms with Crippen LogP contribution >= 0.6 is 0 Å². The fraction of sp³-hybridized carbons (Fsp3) is 0.417. The highest BCUT2D eigenvalue weighted by atomic mass is 16.5. The molecule has 0 aliphatic heterocycles. The van der Waals surface area contributed by atoms with Crippen LogP contribution in [0.3, 0.4) is 0 Å². The normalized spacial score (nSPS) is 11.5. The number of hydrogen-bond acceptors (Lipinski definition) is 4. The highest BCUT2D eigenvalue weighted by Gasteiger charge is 2.09. The summed E-state index contributed by atoms with van der Waals surface area (Å²) in [5, 5.41) is 13.8. The van der Waals surface area contributed by atoms with E-state index in [1.54, 1.807) is 19.1 Å². The lowest BCUT2D eigenvalue weighted by Crippen LogP contribution is -2.33. The van der Waals surface area contributed by atoms with Crippen LogP contribution < -0.4 is 15.4 Å². The lowest BCUT2D eigenvalue weighted by molar-refractivity contribution is -0.137. The zero-order valence-electron chi connectivity index (χ0n) is 10.8. The van der Waals surface area contributed by atoms with Crippen molar-refractivity contribution in [3.63, 3.8) is 0 Å². The summed E-state index contributed by atoms with van der Waals surface area (Å²) in [6.45, 7) is 2.05. The van der Waals surface area contributed by atoms with Gasteiger partial charge in [-0.1, -0.05) is 6.92 Å². The zero-order valence-corrected chi connectivity index (χ0v) is 10.8. The topological polar surface area (TPSA) is 101 Å². The van der Waals surface area contributed by atoms with Crippen LogP contribution in [0.2, 0.25) is 0 Å². The first-order valence-electron chi connectivity index (χ1n) is 5.78. The molecule has 19 heavy (non-hydrogen) atoms. The molecule has 0 saturated heterocycles. The van der Waals surface area contributed by atoms with Crippen molar-refractivity contribution in [2.24, 2.45) is 5.92 Å². The Morgan fingerprint density at radius 3 is 2.74 bits per heavy atom. The number of pyridine rings is 1. The lowest BCUT2D eigenvalue weighted by Gasteiger charge is -2.11. The number of urea groups is 1.